The van der Waals surface area contributed by atoms with Gasteiger partial charge in [0.05, 0.1) is 11.4 Å². The molecule has 0 aliphatic heterocycles. The Morgan fingerprint density at radius 2 is 1.57 bits per heavy atom. The lowest BCUT2D eigenvalue weighted by Crippen LogP contribution is -1.92. The van der Waals surface area contributed by atoms with E-state index in [9.17, 15) is 0 Å². The summed E-state index contributed by atoms with van der Waals surface area (Å²) in [4.78, 5) is 8.22. The Bertz CT molecular complexity index is 214. The van der Waals surface area contributed by atoms with Crippen molar-refractivity contribution in [2.24, 2.45) is 0 Å². The molecule has 1 aromatic heterocycles. The molecule has 14 heavy (non-hydrogen) atoms. The van der Waals surface area contributed by atoms with Gasteiger partial charge in [0.1, 0.15) is 0 Å². The van der Waals surface area contributed by atoms with Gasteiger partial charge in [0, 0.05) is 12.4 Å². The number of aromatic nitrogens is 2. The molecule has 3 heteroatoms. The Balaban J connectivity index is 0. The number of rotatable bonds is 1. The molecule has 1 heterocycles. The molecule has 0 atom stereocenters. The smallest absolute Gasteiger partial charge is 0.0613 e. The van der Waals surface area contributed by atoms with Crippen LogP contribution in [0.5, 0.6) is 0 Å². The molecule has 0 spiro atoms. The zero-order chi connectivity index (χ0) is 11.4. The van der Waals surface area contributed by atoms with Gasteiger partial charge < -0.3 is 0 Å². The third kappa shape index (κ3) is 8.05. The monoisotopic (exact) mass is 214 g/mol. The van der Waals surface area contributed by atoms with Crippen LogP contribution >= 0.6 is 11.8 Å². The van der Waals surface area contributed by atoms with Crippen LogP contribution in [-0.4, -0.2) is 22.5 Å². The lowest BCUT2D eigenvalue weighted by molar-refractivity contribution is 0.957. The summed E-state index contributed by atoms with van der Waals surface area (Å²) < 4.78 is 0. The molecule has 1 aromatic rings. The maximum Gasteiger partial charge on any atom is 0.0613 e. The van der Waals surface area contributed by atoms with Gasteiger partial charge in [0.15, 0.2) is 0 Å². The summed E-state index contributed by atoms with van der Waals surface area (Å²) in [5.41, 5.74) is 2.14. The number of thioether (sulfide) groups is 1. The average Bonchev–Trinajstić information content (AvgIpc) is 2.23. The van der Waals surface area contributed by atoms with E-state index >= 15 is 0 Å². The van der Waals surface area contributed by atoms with Gasteiger partial charge in [0.25, 0.3) is 0 Å². The van der Waals surface area contributed by atoms with E-state index in [1.54, 1.807) is 24.2 Å². The first kappa shape index (κ1) is 15.9. The molecule has 1 rings (SSSR count). The Morgan fingerprint density at radius 1 is 1.14 bits per heavy atom. The largest absolute Gasteiger partial charge is 0.258 e. The fourth-order valence-electron chi connectivity index (χ4n) is 0.783. The third-order valence-corrected chi connectivity index (χ3v) is 1.32. The molecule has 0 saturated heterocycles. The average molecular weight is 214 g/mol. The van der Waals surface area contributed by atoms with E-state index in [2.05, 4.69) is 16.9 Å². The first-order chi connectivity index (χ1) is 6.76. The van der Waals surface area contributed by atoms with Crippen LogP contribution in [-0.2, 0) is 6.42 Å². The molecule has 0 bridgehead atoms. The second-order valence-electron chi connectivity index (χ2n) is 2.35. The summed E-state index contributed by atoms with van der Waals surface area (Å²) in [5, 5.41) is 0. The maximum absolute atomic E-state index is 4.13. The van der Waals surface area contributed by atoms with E-state index in [1.807, 2.05) is 33.3 Å². The van der Waals surface area contributed by atoms with Crippen molar-refractivity contribution < 1.29 is 0 Å². The molecule has 0 aliphatic rings. The van der Waals surface area contributed by atoms with E-state index in [4.69, 9.17) is 0 Å². The minimum absolute atomic E-state index is 0.972. The predicted molar refractivity (Wildman–Crippen MR) is 66.9 cm³/mol. The van der Waals surface area contributed by atoms with Gasteiger partial charge in [-0.25, -0.2) is 0 Å². The van der Waals surface area contributed by atoms with Crippen LogP contribution in [0.4, 0.5) is 0 Å². The van der Waals surface area contributed by atoms with Crippen molar-refractivity contribution >= 4 is 11.8 Å². The van der Waals surface area contributed by atoms with Gasteiger partial charge in [-0.3, -0.25) is 9.97 Å². The number of nitrogens with zero attached hydrogens (tertiary/aromatic N) is 2. The van der Waals surface area contributed by atoms with Gasteiger partial charge in [-0.05, 0) is 25.9 Å². The van der Waals surface area contributed by atoms with Gasteiger partial charge in [-0.2, -0.15) is 11.8 Å². The lowest BCUT2D eigenvalue weighted by Gasteiger charge is -1.96. The van der Waals surface area contributed by atoms with Crippen LogP contribution in [0.3, 0.4) is 0 Å². The van der Waals surface area contributed by atoms with E-state index < -0.39 is 0 Å². The van der Waals surface area contributed by atoms with Crippen LogP contribution < -0.4 is 0 Å². The topological polar surface area (TPSA) is 25.8 Å². The number of aryl methyl sites for hydroxylation is 2. The highest BCUT2D eigenvalue weighted by Gasteiger charge is 1.93. The van der Waals surface area contributed by atoms with Crippen molar-refractivity contribution in [2.45, 2.75) is 34.1 Å². The van der Waals surface area contributed by atoms with E-state index in [-0.39, 0.29) is 0 Å². The summed E-state index contributed by atoms with van der Waals surface area (Å²) in [7, 11) is 0. The Labute approximate surface area is 92.6 Å². The summed E-state index contributed by atoms with van der Waals surface area (Å²) in [5.74, 6) is 0. The first-order valence-electron chi connectivity index (χ1n) is 4.92. The Morgan fingerprint density at radius 3 is 1.86 bits per heavy atom. The standard InChI is InChI=1S/C7H10N2.C2H6S.C2H6/c1-3-7-6(2)8-4-5-9-7;1-3-2;1-2/h4-5H,3H2,1-2H3;1-2H3;1-2H3. The van der Waals surface area contributed by atoms with Crippen molar-refractivity contribution in [3.05, 3.63) is 23.8 Å². The number of hydrogen-bond acceptors (Lipinski definition) is 3. The van der Waals surface area contributed by atoms with Crippen LogP contribution in [0.1, 0.15) is 32.2 Å². The third-order valence-electron chi connectivity index (χ3n) is 1.32. The van der Waals surface area contributed by atoms with E-state index in [0.717, 1.165) is 17.8 Å². The quantitative estimate of drug-likeness (QED) is 0.717. The second kappa shape index (κ2) is 12.4. The lowest BCUT2D eigenvalue weighted by atomic mass is 10.3. The molecule has 0 radical (unpaired) electrons. The normalized spacial score (nSPS) is 7.86. The van der Waals surface area contributed by atoms with E-state index in [0.29, 0.717) is 0 Å². The Kier molecular flexibility index (Phi) is 14.1. The molecular formula is C11H22N2S. The molecule has 0 N–H and O–H groups in total. The molecule has 2 nitrogen and oxygen atoms in total. The molecule has 0 aromatic carbocycles. The van der Waals surface area contributed by atoms with Gasteiger partial charge in [-0.15, -0.1) is 0 Å². The van der Waals surface area contributed by atoms with Crippen LogP contribution in [0.15, 0.2) is 12.4 Å². The molecule has 0 amide bonds. The SMILES string of the molecule is CC.CCc1nccnc1C.CSC. The van der Waals surface area contributed by atoms with Crippen molar-refractivity contribution in [1.82, 2.24) is 9.97 Å². The second-order valence-corrected chi connectivity index (χ2v) is 3.17. The summed E-state index contributed by atoms with van der Waals surface area (Å²) >= 11 is 1.75. The van der Waals surface area contributed by atoms with Crippen molar-refractivity contribution in [1.29, 1.82) is 0 Å². The zero-order valence-electron chi connectivity index (χ0n) is 10.2. The van der Waals surface area contributed by atoms with Crippen LogP contribution in [0.25, 0.3) is 0 Å². The zero-order valence-corrected chi connectivity index (χ0v) is 11.0. The minimum Gasteiger partial charge on any atom is -0.258 e. The molecule has 0 fully saturated rings. The first-order valence-corrected chi connectivity index (χ1v) is 6.56. The predicted octanol–water partition coefficient (Wildman–Crippen LogP) is 3.35. The van der Waals surface area contributed by atoms with Gasteiger partial charge in [0.2, 0.25) is 0 Å². The van der Waals surface area contributed by atoms with Gasteiger partial charge >= 0.3 is 0 Å². The summed E-state index contributed by atoms with van der Waals surface area (Å²) in [6, 6.07) is 0. The molecular weight excluding hydrogens is 192 g/mol. The van der Waals surface area contributed by atoms with Crippen molar-refractivity contribution in [3.63, 3.8) is 0 Å². The van der Waals surface area contributed by atoms with Crippen LogP contribution in [0, 0.1) is 6.92 Å². The molecule has 82 valence electrons. The maximum atomic E-state index is 4.13. The number of hydrogen-bond donors (Lipinski definition) is 0. The van der Waals surface area contributed by atoms with Crippen molar-refractivity contribution in [2.75, 3.05) is 12.5 Å². The Hall–Kier alpha value is -0.570. The minimum atomic E-state index is 0.972. The molecule has 0 unspecified atom stereocenters. The fourth-order valence-corrected chi connectivity index (χ4v) is 0.783. The van der Waals surface area contributed by atoms with Gasteiger partial charge in [-0.1, -0.05) is 20.8 Å². The fraction of sp³-hybridized carbons (Fsp3) is 0.636. The summed E-state index contributed by atoms with van der Waals surface area (Å²) in [6.45, 7) is 8.06. The highest BCUT2D eigenvalue weighted by Crippen LogP contribution is 1.98. The van der Waals surface area contributed by atoms with E-state index in [1.165, 1.54) is 0 Å². The summed E-state index contributed by atoms with van der Waals surface area (Å²) in [6.07, 6.45) is 8.50. The highest BCUT2D eigenvalue weighted by molar-refractivity contribution is 7.97. The van der Waals surface area contributed by atoms with Crippen LogP contribution in [0.2, 0.25) is 0 Å². The molecule has 0 saturated carbocycles. The van der Waals surface area contributed by atoms with Crippen molar-refractivity contribution in [3.8, 4) is 0 Å². The highest BCUT2D eigenvalue weighted by atomic mass is 32.2. The molecule has 0 aliphatic carbocycles.